The molecule has 0 unspecified atom stereocenters. The number of carbonyl (C=O) groups is 3. The van der Waals surface area contributed by atoms with E-state index in [2.05, 4.69) is 0 Å². The van der Waals surface area contributed by atoms with E-state index < -0.39 is 17.9 Å². The van der Waals surface area contributed by atoms with Crippen molar-refractivity contribution in [1.82, 2.24) is 0 Å². The summed E-state index contributed by atoms with van der Waals surface area (Å²) in [5, 5.41) is 0. The van der Waals surface area contributed by atoms with Crippen LogP contribution < -0.4 is 20.9 Å². The lowest BCUT2D eigenvalue weighted by atomic mass is 10.2. The van der Waals surface area contributed by atoms with Gasteiger partial charge < -0.3 is 25.7 Å². The number of nitrogens with two attached hydrogens (primary N) is 2. The van der Waals surface area contributed by atoms with Crippen LogP contribution >= 0.6 is 0 Å². The first-order valence-electron chi connectivity index (χ1n) is 7.55. The molecule has 0 atom stereocenters. The lowest BCUT2D eigenvalue weighted by Crippen LogP contribution is -2.14. The molecule has 24 heavy (non-hydrogen) atoms. The third-order valence-electron chi connectivity index (χ3n) is 3.00. The monoisotopic (exact) mass is 338 g/mol. The van der Waals surface area contributed by atoms with Gasteiger partial charge in [0.25, 0.3) is 0 Å². The fourth-order valence-electron chi connectivity index (χ4n) is 1.76. The molecule has 8 nitrogen and oxygen atoms in total. The van der Waals surface area contributed by atoms with Crippen molar-refractivity contribution in [3.05, 3.63) is 23.8 Å². The molecule has 0 aliphatic heterocycles. The zero-order valence-corrected chi connectivity index (χ0v) is 13.6. The summed E-state index contributed by atoms with van der Waals surface area (Å²) in [5.74, 6) is -1.56. The molecule has 1 rings (SSSR count). The van der Waals surface area contributed by atoms with Crippen molar-refractivity contribution in [1.29, 1.82) is 0 Å². The van der Waals surface area contributed by atoms with Crippen LogP contribution in [0.2, 0.25) is 0 Å². The Kier molecular flexibility index (Phi) is 8.45. The molecule has 1 aromatic carbocycles. The van der Waals surface area contributed by atoms with Gasteiger partial charge in [-0.3, -0.25) is 9.59 Å². The lowest BCUT2D eigenvalue weighted by molar-refractivity contribution is -0.138. The highest BCUT2D eigenvalue weighted by molar-refractivity contribution is 5.97. The Hall–Kier alpha value is -2.45. The Labute approximate surface area is 140 Å². The smallest absolute Gasteiger partial charge is 0.345 e. The maximum atomic E-state index is 11.9. The number of esters is 3. The molecule has 8 heteroatoms. The zero-order valence-electron chi connectivity index (χ0n) is 13.6. The van der Waals surface area contributed by atoms with Crippen LogP contribution in [-0.4, -0.2) is 38.1 Å². The van der Waals surface area contributed by atoms with E-state index in [-0.39, 0.29) is 29.9 Å². The predicted molar refractivity (Wildman–Crippen MR) is 85.6 cm³/mol. The Morgan fingerprint density at radius 3 is 2.17 bits per heavy atom. The van der Waals surface area contributed by atoms with E-state index in [0.29, 0.717) is 25.9 Å². The van der Waals surface area contributed by atoms with Crippen molar-refractivity contribution in [3.8, 4) is 11.5 Å². The Morgan fingerprint density at radius 1 is 0.958 bits per heavy atom. The molecule has 0 saturated heterocycles. The third kappa shape index (κ3) is 6.35. The number of methoxy groups -OCH3 is 1. The van der Waals surface area contributed by atoms with E-state index in [1.54, 1.807) is 0 Å². The van der Waals surface area contributed by atoms with E-state index in [9.17, 15) is 14.4 Å². The number of hydrogen-bond acceptors (Lipinski definition) is 8. The van der Waals surface area contributed by atoms with Crippen molar-refractivity contribution < 1.29 is 28.6 Å². The van der Waals surface area contributed by atoms with E-state index in [4.69, 9.17) is 25.7 Å². The van der Waals surface area contributed by atoms with Crippen LogP contribution in [0.3, 0.4) is 0 Å². The maximum absolute atomic E-state index is 11.9. The molecule has 0 amide bonds. The minimum absolute atomic E-state index is 0.0657. The number of carbonyl (C=O) groups excluding carboxylic acids is 3. The minimum Gasteiger partial charge on any atom is -0.493 e. The standard InChI is InChI=1S/C16H22N2O6/c1-22-13-10-11(16(21)24-15(20)5-3-9-18)6-7-12(13)23-14(19)4-2-8-17/h6-7,10H,2-5,8-9,17-18H2,1H3. The third-order valence-corrected chi connectivity index (χ3v) is 3.00. The van der Waals surface area contributed by atoms with Gasteiger partial charge in [-0.25, -0.2) is 4.79 Å². The van der Waals surface area contributed by atoms with Gasteiger partial charge in [0.05, 0.1) is 12.7 Å². The summed E-state index contributed by atoms with van der Waals surface area (Å²) in [6, 6.07) is 4.12. The second kappa shape index (κ2) is 10.3. The molecule has 0 heterocycles. The van der Waals surface area contributed by atoms with E-state index >= 15 is 0 Å². The largest absolute Gasteiger partial charge is 0.493 e. The Morgan fingerprint density at radius 2 is 1.58 bits per heavy atom. The molecule has 0 saturated carbocycles. The van der Waals surface area contributed by atoms with Gasteiger partial charge in [-0.15, -0.1) is 0 Å². The van der Waals surface area contributed by atoms with Gasteiger partial charge >= 0.3 is 17.9 Å². The molecule has 0 aliphatic rings. The number of ether oxygens (including phenoxy) is 3. The van der Waals surface area contributed by atoms with Crippen molar-refractivity contribution in [2.75, 3.05) is 20.2 Å². The maximum Gasteiger partial charge on any atom is 0.345 e. The van der Waals surface area contributed by atoms with Gasteiger partial charge in [-0.05, 0) is 44.1 Å². The molecule has 1 aromatic rings. The molecule has 0 bridgehead atoms. The molecular weight excluding hydrogens is 316 g/mol. The summed E-state index contributed by atoms with van der Waals surface area (Å²) >= 11 is 0. The summed E-state index contributed by atoms with van der Waals surface area (Å²) in [6.07, 6.45) is 1.19. The van der Waals surface area contributed by atoms with Gasteiger partial charge in [0.2, 0.25) is 0 Å². The van der Waals surface area contributed by atoms with Crippen LogP contribution in [0.25, 0.3) is 0 Å². The van der Waals surface area contributed by atoms with Crippen LogP contribution in [0.5, 0.6) is 11.5 Å². The average molecular weight is 338 g/mol. The van der Waals surface area contributed by atoms with Crippen molar-refractivity contribution in [2.24, 2.45) is 11.5 Å². The lowest BCUT2D eigenvalue weighted by Gasteiger charge is -2.10. The highest BCUT2D eigenvalue weighted by Gasteiger charge is 2.17. The molecule has 0 fully saturated rings. The topological polar surface area (TPSA) is 131 Å². The first-order valence-corrected chi connectivity index (χ1v) is 7.55. The van der Waals surface area contributed by atoms with Crippen molar-refractivity contribution in [3.63, 3.8) is 0 Å². The first kappa shape index (κ1) is 19.6. The summed E-state index contributed by atoms with van der Waals surface area (Å²) in [4.78, 5) is 35.0. The highest BCUT2D eigenvalue weighted by atomic mass is 16.6. The van der Waals surface area contributed by atoms with Crippen LogP contribution in [0.4, 0.5) is 0 Å². The average Bonchev–Trinajstić information content (AvgIpc) is 2.58. The molecule has 0 aromatic heterocycles. The summed E-state index contributed by atoms with van der Waals surface area (Å²) in [7, 11) is 1.37. The van der Waals surface area contributed by atoms with Crippen molar-refractivity contribution >= 4 is 17.9 Å². The van der Waals surface area contributed by atoms with Gasteiger partial charge in [0, 0.05) is 12.8 Å². The second-order valence-electron chi connectivity index (χ2n) is 4.89. The quantitative estimate of drug-likeness (QED) is 0.383. The number of rotatable bonds is 9. The molecule has 0 aliphatic carbocycles. The Bertz CT molecular complexity index is 588. The van der Waals surface area contributed by atoms with Crippen molar-refractivity contribution in [2.45, 2.75) is 25.7 Å². The highest BCUT2D eigenvalue weighted by Crippen LogP contribution is 2.28. The van der Waals surface area contributed by atoms with Gasteiger partial charge in [-0.2, -0.15) is 0 Å². The van der Waals surface area contributed by atoms with Crippen LogP contribution in [0, 0.1) is 0 Å². The van der Waals surface area contributed by atoms with Crippen LogP contribution in [0.15, 0.2) is 18.2 Å². The molecule has 132 valence electrons. The first-order chi connectivity index (χ1) is 11.5. The molecular formula is C16H22N2O6. The predicted octanol–water partition coefficient (Wildman–Crippen LogP) is 0.762. The normalized spacial score (nSPS) is 10.1. The Balaban J connectivity index is 2.76. The van der Waals surface area contributed by atoms with Gasteiger partial charge in [-0.1, -0.05) is 0 Å². The summed E-state index contributed by atoms with van der Waals surface area (Å²) in [6.45, 7) is 0.719. The van der Waals surface area contributed by atoms with Crippen LogP contribution in [0.1, 0.15) is 36.0 Å². The second-order valence-corrected chi connectivity index (χ2v) is 4.89. The number of hydrogen-bond donors (Lipinski definition) is 2. The fraction of sp³-hybridized carbons (Fsp3) is 0.438. The van der Waals surface area contributed by atoms with E-state index in [1.165, 1.54) is 25.3 Å². The molecule has 4 N–H and O–H groups in total. The minimum atomic E-state index is -0.809. The number of benzene rings is 1. The zero-order chi connectivity index (χ0) is 17.9. The summed E-state index contributed by atoms with van der Waals surface area (Å²) in [5.41, 5.74) is 10.7. The van der Waals surface area contributed by atoms with E-state index in [0.717, 1.165) is 0 Å². The molecule has 0 spiro atoms. The van der Waals surface area contributed by atoms with Crippen LogP contribution in [-0.2, 0) is 14.3 Å². The van der Waals surface area contributed by atoms with E-state index in [1.807, 2.05) is 0 Å². The van der Waals surface area contributed by atoms with Gasteiger partial charge in [0.1, 0.15) is 0 Å². The summed E-state index contributed by atoms with van der Waals surface area (Å²) < 4.78 is 15.0. The fourth-order valence-corrected chi connectivity index (χ4v) is 1.76. The van der Waals surface area contributed by atoms with Gasteiger partial charge in [0.15, 0.2) is 11.5 Å². The molecule has 0 radical (unpaired) electrons. The SMILES string of the molecule is COc1cc(C(=O)OC(=O)CCCN)ccc1OC(=O)CCCN.